The number of nitriles is 1. The third kappa shape index (κ3) is 3.75. The van der Waals surface area contributed by atoms with E-state index in [0.717, 1.165) is 39.0 Å². The Morgan fingerprint density at radius 1 is 1.46 bits per heavy atom. The lowest BCUT2D eigenvalue weighted by Gasteiger charge is -2.34. The minimum Gasteiger partial charge on any atom is -0.381 e. The maximum Gasteiger partial charge on any atom is 0.0622 e. The Bertz CT molecular complexity index is 180. The van der Waals surface area contributed by atoms with Crippen LogP contribution in [0.3, 0.4) is 0 Å². The van der Waals surface area contributed by atoms with E-state index in [1.54, 1.807) is 0 Å². The van der Waals surface area contributed by atoms with Gasteiger partial charge in [0.1, 0.15) is 0 Å². The lowest BCUT2D eigenvalue weighted by molar-refractivity contribution is 0.0454. The molecule has 0 spiro atoms. The second kappa shape index (κ2) is 5.21. The number of nitrogens with zero attached hydrogens (tertiary/aromatic N) is 1. The van der Waals surface area contributed by atoms with Gasteiger partial charge in [-0.1, -0.05) is 0 Å². The van der Waals surface area contributed by atoms with Crippen LogP contribution in [-0.2, 0) is 4.74 Å². The third-order valence-electron chi connectivity index (χ3n) is 2.61. The first-order valence-corrected chi connectivity index (χ1v) is 4.97. The number of rotatable bonds is 4. The van der Waals surface area contributed by atoms with Crippen molar-refractivity contribution in [3.63, 3.8) is 0 Å². The molecule has 1 heterocycles. The first kappa shape index (κ1) is 10.5. The minimum absolute atomic E-state index is 0.244. The Morgan fingerprint density at radius 3 is 2.77 bits per heavy atom. The van der Waals surface area contributed by atoms with Crippen LogP contribution in [-0.4, -0.2) is 25.3 Å². The molecule has 0 amide bonds. The maximum absolute atomic E-state index is 8.37. The Kier molecular flexibility index (Phi) is 4.20. The fraction of sp³-hybridized carbons (Fsp3) is 0.900. The van der Waals surface area contributed by atoms with Gasteiger partial charge in [0.15, 0.2) is 0 Å². The summed E-state index contributed by atoms with van der Waals surface area (Å²) in [6, 6.07) is 2.15. The van der Waals surface area contributed by atoms with Crippen LogP contribution in [0.1, 0.15) is 32.6 Å². The summed E-state index contributed by atoms with van der Waals surface area (Å²) >= 11 is 0. The van der Waals surface area contributed by atoms with Crippen molar-refractivity contribution in [3.8, 4) is 6.07 Å². The molecule has 3 heteroatoms. The van der Waals surface area contributed by atoms with Crippen molar-refractivity contribution in [2.45, 2.75) is 38.1 Å². The Morgan fingerprint density at radius 2 is 2.15 bits per heavy atom. The summed E-state index contributed by atoms with van der Waals surface area (Å²) in [6.07, 6.45) is 3.77. The molecule has 0 atom stereocenters. The summed E-state index contributed by atoms with van der Waals surface area (Å²) in [5.41, 5.74) is 0.244. The average molecular weight is 182 g/mol. The van der Waals surface area contributed by atoms with Gasteiger partial charge in [0.25, 0.3) is 0 Å². The Labute approximate surface area is 80.1 Å². The molecule has 1 fully saturated rings. The van der Waals surface area contributed by atoms with Crippen molar-refractivity contribution in [3.05, 3.63) is 0 Å². The van der Waals surface area contributed by atoms with E-state index < -0.39 is 0 Å². The Hall–Kier alpha value is -0.590. The normalized spacial score (nSPS) is 20.9. The molecule has 1 rings (SSSR count). The quantitative estimate of drug-likeness (QED) is 0.669. The number of nitrogens with one attached hydrogen (secondary N) is 1. The maximum atomic E-state index is 8.37. The van der Waals surface area contributed by atoms with Gasteiger partial charge in [0, 0.05) is 25.2 Å². The topological polar surface area (TPSA) is 45.0 Å². The van der Waals surface area contributed by atoms with E-state index in [9.17, 15) is 0 Å². The molecule has 0 aromatic rings. The molecular formula is C10H18N2O. The summed E-state index contributed by atoms with van der Waals surface area (Å²) in [7, 11) is 0. The fourth-order valence-corrected chi connectivity index (χ4v) is 1.56. The van der Waals surface area contributed by atoms with Gasteiger partial charge in [-0.3, -0.25) is 0 Å². The molecular weight excluding hydrogens is 164 g/mol. The average Bonchev–Trinajstić information content (AvgIpc) is 2.14. The van der Waals surface area contributed by atoms with Crippen LogP contribution in [0.25, 0.3) is 0 Å². The summed E-state index contributed by atoms with van der Waals surface area (Å²) in [5.74, 6) is 0. The van der Waals surface area contributed by atoms with Gasteiger partial charge in [-0.05, 0) is 32.7 Å². The van der Waals surface area contributed by atoms with Crippen LogP contribution in [0.4, 0.5) is 0 Å². The highest BCUT2D eigenvalue weighted by Gasteiger charge is 2.25. The summed E-state index contributed by atoms with van der Waals surface area (Å²) in [4.78, 5) is 0. The van der Waals surface area contributed by atoms with Crippen molar-refractivity contribution < 1.29 is 4.74 Å². The monoisotopic (exact) mass is 182 g/mol. The van der Waals surface area contributed by atoms with E-state index in [1.807, 2.05) is 0 Å². The molecule has 1 aliphatic heterocycles. The molecule has 3 nitrogen and oxygen atoms in total. The lowest BCUT2D eigenvalue weighted by Crippen LogP contribution is -2.47. The van der Waals surface area contributed by atoms with Crippen LogP contribution >= 0.6 is 0 Å². The molecule has 0 aliphatic carbocycles. The van der Waals surface area contributed by atoms with Gasteiger partial charge in [-0.2, -0.15) is 5.26 Å². The lowest BCUT2D eigenvalue weighted by atomic mass is 9.92. The van der Waals surface area contributed by atoms with Crippen LogP contribution in [0.15, 0.2) is 0 Å². The van der Waals surface area contributed by atoms with E-state index in [-0.39, 0.29) is 5.54 Å². The van der Waals surface area contributed by atoms with Crippen molar-refractivity contribution in [1.82, 2.24) is 5.32 Å². The zero-order valence-corrected chi connectivity index (χ0v) is 8.31. The predicted molar refractivity (Wildman–Crippen MR) is 51.3 cm³/mol. The molecule has 0 radical (unpaired) electrons. The highest BCUT2D eigenvalue weighted by Crippen LogP contribution is 2.19. The highest BCUT2D eigenvalue weighted by atomic mass is 16.5. The van der Waals surface area contributed by atoms with Gasteiger partial charge in [-0.25, -0.2) is 0 Å². The molecule has 74 valence electrons. The second-order valence-electron chi connectivity index (χ2n) is 3.86. The van der Waals surface area contributed by atoms with Gasteiger partial charge in [0.2, 0.25) is 0 Å². The standard InChI is InChI=1S/C10H18N2O/c1-10(4-8-13-9-5-10)12-7-3-2-6-11/h12H,2-5,7-9H2,1H3. The van der Waals surface area contributed by atoms with Crippen LogP contribution in [0.5, 0.6) is 0 Å². The first-order valence-electron chi connectivity index (χ1n) is 4.97. The van der Waals surface area contributed by atoms with Gasteiger partial charge >= 0.3 is 0 Å². The smallest absolute Gasteiger partial charge is 0.0622 e. The van der Waals surface area contributed by atoms with Crippen molar-refractivity contribution in [2.24, 2.45) is 0 Å². The van der Waals surface area contributed by atoms with Gasteiger partial charge in [-0.15, -0.1) is 0 Å². The van der Waals surface area contributed by atoms with Crippen molar-refractivity contribution in [2.75, 3.05) is 19.8 Å². The fourth-order valence-electron chi connectivity index (χ4n) is 1.56. The van der Waals surface area contributed by atoms with E-state index >= 15 is 0 Å². The molecule has 0 aromatic heterocycles. The molecule has 1 N–H and O–H groups in total. The first-order chi connectivity index (χ1) is 6.27. The van der Waals surface area contributed by atoms with E-state index in [1.165, 1.54) is 0 Å². The number of hydrogen-bond acceptors (Lipinski definition) is 3. The molecule has 1 aliphatic rings. The zero-order chi connectivity index (χ0) is 9.57. The van der Waals surface area contributed by atoms with Crippen LogP contribution in [0, 0.1) is 11.3 Å². The van der Waals surface area contributed by atoms with Gasteiger partial charge < -0.3 is 10.1 Å². The Balaban J connectivity index is 2.14. The van der Waals surface area contributed by atoms with E-state index in [2.05, 4.69) is 18.3 Å². The van der Waals surface area contributed by atoms with Crippen molar-refractivity contribution in [1.29, 1.82) is 5.26 Å². The molecule has 13 heavy (non-hydrogen) atoms. The predicted octanol–water partition coefficient (Wildman–Crippen LogP) is 1.45. The highest BCUT2D eigenvalue weighted by molar-refractivity contribution is 4.85. The second-order valence-corrected chi connectivity index (χ2v) is 3.86. The summed E-state index contributed by atoms with van der Waals surface area (Å²) < 4.78 is 5.30. The molecule has 0 bridgehead atoms. The molecule has 1 saturated heterocycles. The zero-order valence-electron chi connectivity index (χ0n) is 8.31. The number of hydrogen-bond donors (Lipinski definition) is 1. The van der Waals surface area contributed by atoms with Gasteiger partial charge in [0.05, 0.1) is 6.07 Å². The minimum atomic E-state index is 0.244. The number of unbranched alkanes of at least 4 members (excludes halogenated alkanes) is 1. The largest absolute Gasteiger partial charge is 0.381 e. The van der Waals surface area contributed by atoms with Crippen molar-refractivity contribution >= 4 is 0 Å². The molecule has 0 unspecified atom stereocenters. The third-order valence-corrected chi connectivity index (χ3v) is 2.61. The van der Waals surface area contributed by atoms with Crippen LogP contribution in [0.2, 0.25) is 0 Å². The van der Waals surface area contributed by atoms with E-state index in [4.69, 9.17) is 10.00 Å². The SMILES string of the molecule is CC1(NCCCC#N)CCOCC1. The molecule has 0 aromatic carbocycles. The summed E-state index contributed by atoms with van der Waals surface area (Å²) in [5, 5.41) is 11.9. The molecule has 0 saturated carbocycles. The van der Waals surface area contributed by atoms with Crippen LogP contribution < -0.4 is 5.32 Å². The number of ether oxygens (including phenoxy) is 1. The summed E-state index contributed by atoms with van der Waals surface area (Å²) in [6.45, 7) is 4.91. The van der Waals surface area contributed by atoms with E-state index in [0.29, 0.717) is 6.42 Å².